The molecule has 0 amide bonds. The van der Waals surface area contributed by atoms with E-state index in [9.17, 15) is 0 Å². The number of nitrogens with zero attached hydrogens (tertiary/aromatic N) is 1. The third-order valence-electron chi connectivity index (χ3n) is 1.86. The van der Waals surface area contributed by atoms with Gasteiger partial charge >= 0.3 is 0 Å². The normalized spacial score (nSPS) is 13.5. The summed E-state index contributed by atoms with van der Waals surface area (Å²) in [5.41, 5.74) is 1.32. The van der Waals surface area contributed by atoms with Crippen molar-refractivity contribution in [1.82, 2.24) is 9.88 Å². The minimum absolute atomic E-state index is 0.444. The van der Waals surface area contributed by atoms with Gasteiger partial charge in [-0.3, -0.25) is 0 Å². The van der Waals surface area contributed by atoms with E-state index in [4.69, 9.17) is 0 Å². The Morgan fingerprint density at radius 1 is 1.60 bits per heavy atom. The maximum Gasteiger partial charge on any atom is 0.0443 e. The topological polar surface area (TPSA) is 17.0 Å². The van der Waals surface area contributed by atoms with Gasteiger partial charge in [0.1, 0.15) is 0 Å². The second-order valence-electron chi connectivity index (χ2n) is 2.55. The fourth-order valence-corrected chi connectivity index (χ4v) is 1.07. The number of rotatable bonds is 2. The van der Waals surface area contributed by atoms with Crippen molar-refractivity contribution in [2.45, 2.75) is 13.0 Å². The summed E-state index contributed by atoms with van der Waals surface area (Å²) in [7, 11) is 4.03. The monoisotopic (exact) mass is 138 g/mol. The van der Waals surface area contributed by atoms with Gasteiger partial charge in [-0.1, -0.05) is 0 Å². The molecular formula is C8H14N2. The first-order valence-corrected chi connectivity index (χ1v) is 3.54. The Hall–Kier alpha value is -0.760. The Kier molecular flexibility index (Phi) is 2.12. The molecule has 0 bridgehead atoms. The molecule has 0 aliphatic rings. The van der Waals surface area contributed by atoms with Gasteiger partial charge in [-0.05, 0) is 26.1 Å². The van der Waals surface area contributed by atoms with Crippen LogP contribution in [0.3, 0.4) is 0 Å². The van der Waals surface area contributed by atoms with Crippen LogP contribution in [0.5, 0.6) is 0 Å². The van der Waals surface area contributed by atoms with Gasteiger partial charge in [0.2, 0.25) is 0 Å². The van der Waals surface area contributed by atoms with Gasteiger partial charge in [0.25, 0.3) is 0 Å². The molecule has 0 saturated carbocycles. The van der Waals surface area contributed by atoms with Crippen molar-refractivity contribution in [2.24, 2.45) is 7.05 Å². The molecule has 1 aromatic rings. The van der Waals surface area contributed by atoms with E-state index in [0.717, 1.165) is 0 Å². The molecule has 0 fully saturated rings. The van der Waals surface area contributed by atoms with Crippen LogP contribution in [0.4, 0.5) is 0 Å². The first-order chi connectivity index (χ1) is 4.75. The second kappa shape index (κ2) is 2.88. The van der Waals surface area contributed by atoms with Crippen molar-refractivity contribution in [1.29, 1.82) is 0 Å². The van der Waals surface area contributed by atoms with E-state index in [1.165, 1.54) is 5.69 Å². The van der Waals surface area contributed by atoms with Crippen molar-refractivity contribution in [2.75, 3.05) is 7.05 Å². The minimum Gasteiger partial charge on any atom is -0.353 e. The highest BCUT2D eigenvalue weighted by molar-refractivity contribution is 5.10. The van der Waals surface area contributed by atoms with E-state index in [2.05, 4.69) is 42.2 Å². The first kappa shape index (κ1) is 7.35. The summed E-state index contributed by atoms with van der Waals surface area (Å²) in [6.07, 6.45) is 2.06. The highest BCUT2D eigenvalue weighted by Gasteiger charge is 2.03. The SMILES string of the molecule is CN[C@H](C)c1cccn1C. The molecule has 2 nitrogen and oxygen atoms in total. The quantitative estimate of drug-likeness (QED) is 0.652. The lowest BCUT2D eigenvalue weighted by Gasteiger charge is -2.10. The lowest BCUT2D eigenvalue weighted by atomic mass is 10.2. The fraction of sp³-hybridized carbons (Fsp3) is 0.500. The van der Waals surface area contributed by atoms with Crippen LogP contribution in [0, 0.1) is 0 Å². The molecule has 0 saturated heterocycles. The van der Waals surface area contributed by atoms with E-state index in [0.29, 0.717) is 6.04 Å². The zero-order chi connectivity index (χ0) is 7.56. The van der Waals surface area contributed by atoms with Gasteiger partial charge < -0.3 is 9.88 Å². The Bertz CT molecular complexity index is 203. The highest BCUT2D eigenvalue weighted by atomic mass is 15.0. The molecule has 1 atom stereocenters. The molecule has 0 radical (unpaired) electrons. The van der Waals surface area contributed by atoms with Gasteiger partial charge in [0.15, 0.2) is 0 Å². The van der Waals surface area contributed by atoms with E-state index < -0.39 is 0 Å². The zero-order valence-electron chi connectivity index (χ0n) is 6.76. The van der Waals surface area contributed by atoms with Gasteiger partial charge in [-0.25, -0.2) is 0 Å². The molecule has 0 spiro atoms. The van der Waals surface area contributed by atoms with Crippen LogP contribution in [-0.2, 0) is 7.05 Å². The predicted molar refractivity (Wildman–Crippen MR) is 42.9 cm³/mol. The number of aryl methyl sites for hydroxylation is 1. The lowest BCUT2D eigenvalue weighted by Crippen LogP contribution is -2.14. The summed E-state index contributed by atoms with van der Waals surface area (Å²) in [6.45, 7) is 2.15. The maximum atomic E-state index is 3.19. The first-order valence-electron chi connectivity index (χ1n) is 3.54. The summed E-state index contributed by atoms with van der Waals surface area (Å²) >= 11 is 0. The van der Waals surface area contributed by atoms with Crippen LogP contribution in [0.2, 0.25) is 0 Å². The lowest BCUT2D eigenvalue weighted by molar-refractivity contribution is 0.605. The molecule has 0 aromatic carbocycles. The Labute approximate surface area is 61.9 Å². The van der Waals surface area contributed by atoms with Crippen molar-refractivity contribution in [3.63, 3.8) is 0 Å². The number of aromatic nitrogens is 1. The molecule has 0 aliphatic carbocycles. The van der Waals surface area contributed by atoms with Crippen LogP contribution in [0.15, 0.2) is 18.3 Å². The zero-order valence-corrected chi connectivity index (χ0v) is 6.76. The third-order valence-corrected chi connectivity index (χ3v) is 1.86. The second-order valence-corrected chi connectivity index (χ2v) is 2.55. The summed E-state index contributed by atoms with van der Waals surface area (Å²) < 4.78 is 2.13. The van der Waals surface area contributed by atoms with Gasteiger partial charge in [0, 0.05) is 25.0 Å². The molecule has 10 heavy (non-hydrogen) atoms. The molecule has 1 aromatic heterocycles. The Morgan fingerprint density at radius 2 is 2.30 bits per heavy atom. The van der Waals surface area contributed by atoms with Crippen LogP contribution in [0.25, 0.3) is 0 Å². The minimum atomic E-state index is 0.444. The molecule has 56 valence electrons. The fourth-order valence-electron chi connectivity index (χ4n) is 1.07. The van der Waals surface area contributed by atoms with Crippen molar-refractivity contribution in [3.05, 3.63) is 24.0 Å². The number of hydrogen-bond donors (Lipinski definition) is 1. The maximum absolute atomic E-state index is 3.19. The standard InChI is InChI=1S/C8H14N2/c1-7(9-2)8-5-4-6-10(8)3/h4-7,9H,1-3H3/t7-/m1/s1. The van der Waals surface area contributed by atoms with E-state index >= 15 is 0 Å². The Morgan fingerprint density at radius 3 is 2.70 bits per heavy atom. The third kappa shape index (κ3) is 1.21. The highest BCUT2D eigenvalue weighted by Crippen LogP contribution is 2.09. The Balaban J connectivity index is 2.82. The molecule has 2 heteroatoms. The number of hydrogen-bond acceptors (Lipinski definition) is 1. The largest absolute Gasteiger partial charge is 0.353 e. The van der Waals surface area contributed by atoms with Gasteiger partial charge in [-0.2, -0.15) is 0 Å². The summed E-state index contributed by atoms with van der Waals surface area (Å²) in [6, 6.07) is 4.63. The van der Waals surface area contributed by atoms with Crippen LogP contribution in [-0.4, -0.2) is 11.6 Å². The predicted octanol–water partition coefficient (Wildman–Crippen LogP) is 1.31. The average Bonchev–Trinajstić information content (AvgIpc) is 2.34. The molecule has 0 unspecified atom stereocenters. The van der Waals surface area contributed by atoms with Gasteiger partial charge in [0.05, 0.1) is 0 Å². The smallest absolute Gasteiger partial charge is 0.0443 e. The summed E-state index contributed by atoms with van der Waals surface area (Å²) in [5.74, 6) is 0. The van der Waals surface area contributed by atoms with Crippen LogP contribution >= 0.6 is 0 Å². The van der Waals surface area contributed by atoms with Gasteiger partial charge in [-0.15, -0.1) is 0 Å². The van der Waals surface area contributed by atoms with Crippen molar-refractivity contribution >= 4 is 0 Å². The average molecular weight is 138 g/mol. The van der Waals surface area contributed by atoms with Crippen molar-refractivity contribution < 1.29 is 0 Å². The van der Waals surface area contributed by atoms with E-state index in [1.54, 1.807) is 0 Å². The summed E-state index contributed by atoms with van der Waals surface area (Å²) in [5, 5.41) is 3.19. The van der Waals surface area contributed by atoms with E-state index in [-0.39, 0.29) is 0 Å². The van der Waals surface area contributed by atoms with E-state index in [1.807, 2.05) is 7.05 Å². The van der Waals surface area contributed by atoms with Crippen molar-refractivity contribution in [3.8, 4) is 0 Å². The number of nitrogens with one attached hydrogen (secondary N) is 1. The molecule has 0 aliphatic heterocycles. The summed E-state index contributed by atoms with van der Waals surface area (Å²) in [4.78, 5) is 0. The van der Waals surface area contributed by atoms with Crippen LogP contribution in [0.1, 0.15) is 18.7 Å². The van der Waals surface area contributed by atoms with Crippen LogP contribution < -0.4 is 5.32 Å². The molecular weight excluding hydrogens is 124 g/mol. The molecule has 1 rings (SSSR count). The molecule has 1 heterocycles. The molecule has 1 N–H and O–H groups in total.